The number of aliphatic hydroxyl groups is 1. The summed E-state index contributed by atoms with van der Waals surface area (Å²) in [5.41, 5.74) is 4.76. The Morgan fingerprint density at radius 1 is 0.632 bits per heavy atom. The van der Waals surface area contributed by atoms with E-state index in [1.165, 1.54) is 66.6 Å². The molecule has 19 nitrogen and oxygen atoms in total. The highest BCUT2D eigenvalue weighted by Gasteiger charge is 2.53. The summed E-state index contributed by atoms with van der Waals surface area (Å²) in [4.78, 5) is 49.3. The first-order chi connectivity index (χ1) is 32.5. The molecule has 4 aromatic rings. The number of nitrogens with zero attached hydrogens (tertiary/aromatic N) is 1. The van der Waals surface area contributed by atoms with Crippen molar-refractivity contribution in [1.29, 1.82) is 5.26 Å². The van der Waals surface area contributed by atoms with E-state index in [0.717, 1.165) is 5.56 Å². The van der Waals surface area contributed by atoms with Crippen molar-refractivity contribution in [3.63, 3.8) is 0 Å². The number of nitriles is 1. The summed E-state index contributed by atoms with van der Waals surface area (Å²) in [6.45, 7) is 2.31. The van der Waals surface area contributed by atoms with Crippen molar-refractivity contribution in [3.8, 4) is 23.3 Å². The summed E-state index contributed by atoms with van der Waals surface area (Å²) in [5, 5.41) is 37.8. The van der Waals surface area contributed by atoms with Crippen molar-refractivity contribution in [2.24, 2.45) is 5.92 Å². The molecule has 0 spiro atoms. The molecule has 2 amide bonds. The highest BCUT2D eigenvalue weighted by molar-refractivity contribution is 7.94. The van der Waals surface area contributed by atoms with Crippen LogP contribution in [0.3, 0.4) is 0 Å². The van der Waals surface area contributed by atoms with Crippen LogP contribution in [0.25, 0.3) is 0 Å². The molecule has 68 heavy (non-hydrogen) atoms. The second-order valence-corrected chi connectivity index (χ2v) is 20.4. The molecule has 2 saturated heterocycles. The number of ketones is 2. The van der Waals surface area contributed by atoms with Gasteiger partial charge in [-0.05, 0) is 105 Å². The van der Waals surface area contributed by atoms with Gasteiger partial charge >= 0.3 is 0 Å². The topological polar surface area (TPSA) is 291 Å². The number of hydroxylamine groups is 2. The van der Waals surface area contributed by atoms with Crippen molar-refractivity contribution in [3.05, 3.63) is 114 Å². The van der Waals surface area contributed by atoms with Gasteiger partial charge in [0.15, 0.2) is 40.7 Å². The van der Waals surface area contributed by atoms with Crippen LogP contribution >= 0.6 is 0 Å². The van der Waals surface area contributed by atoms with Gasteiger partial charge in [0.25, 0.3) is 11.8 Å². The highest BCUT2D eigenvalue weighted by atomic mass is 32.2. The van der Waals surface area contributed by atoms with E-state index in [4.69, 9.17) is 34.1 Å². The van der Waals surface area contributed by atoms with Crippen LogP contribution in [0.1, 0.15) is 64.8 Å². The van der Waals surface area contributed by atoms with E-state index in [1.54, 1.807) is 48.5 Å². The monoisotopic (exact) mass is 979 g/mol. The fourth-order valence-corrected chi connectivity index (χ4v) is 11.4. The van der Waals surface area contributed by atoms with Crippen LogP contribution in [-0.4, -0.2) is 118 Å². The van der Waals surface area contributed by atoms with Crippen molar-refractivity contribution in [2.45, 2.75) is 70.8 Å². The largest absolute Gasteiger partial charge is 0.497 e. The minimum atomic E-state index is -4.14. The molecule has 0 saturated carbocycles. The number of ether oxygens (including phenoxy) is 5. The van der Waals surface area contributed by atoms with Gasteiger partial charge in [-0.15, -0.1) is 0 Å². The lowest BCUT2D eigenvalue weighted by molar-refractivity contribution is -0.135. The lowest BCUT2D eigenvalue weighted by atomic mass is 9.96. The van der Waals surface area contributed by atoms with Crippen LogP contribution < -0.4 is 25.2 Å². The Bertz CT molecular complexity index is 2620. The average molecular weight is 980 g/mol. The molecule has 2 heterocycles. The Balaban J connectivity index is 0.000000255. The van der Waals surface area contributed by atoms with Crippen LogP contribution in [0.5, 0.6) is 17.2 Å². The lowest BCUT2D eigenvalue weighted by Gasteiger charge is -2.34. The number of hydrogen-bond acceptors (Lipinski definition) is 17. The van der Waals surface area contributed by atoms with Crippen LogP contribution in [0.4, 0.5) is 0 Å². The molecule has 2 aliphatic rings. The predicted octanol–water partition coefficient (Wildman–Crippen LogP) is 4.15. The molecular formula is C47H53N3O16S2. The first kappa shape index (κ1) is 52.7. The molecule has 4 aromatic carbocycles. The number of hydrogen-bond donors (Lipinski definition) is 5. The van der Waals surface area contributed by atoms with Crippen molar-refractivity contribution in [1.82, 2.24) is 11.0 Å². The normalized spacial score (nSPS) is 16.2. The van der Waals surface area contributed by atoms with Gasteiger partial charge in [-0.2, -0.15) is 5.26 Å². The van der Waals surface area contributed by atoms with E-state index >= 15 is 0 Å². The van der Waals surface area contributed by atoms with Crippen LogP contribution in [-0.2, 0) is 38.7 Å². The quantitative estimate of drug-likeness (QED) is 0.0501. The highest BCUT2D eigenvalue weighted by Crippen LogP contribution is 2.37. The van der Waals surface area contributed by atoms with Gasteiger partial charge in [-0.25, -0.2) is 27.8 Å². The molecule has 2 aliphatic heterocycles. The molecule has 0 aliphatic carbocycles. The van der Waals surface area contributed by atoms with E-state index in [2.05, 4.69) is 0 Å². The molecular weight excluding hydrogens is 927 g/mol. The van der Waals surface area contributed by atoms with Gasteiger partial charge in [-0.1, -0.05) is 29.8 Å². The predicted molar refractivity (Wildman–Crippen MR) is 241 cm³/mol. The smallest absolute Gasteiger partial charge is 0.265 e. The Labute approximate surface area is 393 Å². The summed E-state index contributed by atoms with van der Waals surface area (Å²) in [6.07, 6.45) is -1.35. The molecule has 2 unspecified atom stereocenters. The molecule has 2 atom stereocenters. The molecule has 6 rings (SSSR count). The maximum absolute atomic E-state index is 13.3. The minimum Gasteiger partial charge on any atom is -0.497 e. The van der Waals surface area contributed by atoms with Gasteiger partial charge < -0.3 is 28.8 Å². The van der Waals surface area contributed by atoms with E-state index in [0.29, 0.717) is 28.4 Å². The molecule has 21 heteroatoms. The molecule has 0 aromatic heterocycles. The first-order valence-corrected chi connectivity index (χ1v) is 24.3. The van der Waals surface area contributed by atoms with Crippen molar-refractivity contribution < 1.29 is 75.2 Å². The maximum atomic E-state index is 13.3. The number of nitrogens with one attached hydrogen (secondary N) is 2. The summed E-state index contributed by atoms with van der Waals surface area (Å²) >= 11 is 0. The molecule has 2 fully saturated rings. The zero-order valence-corrected chi connectivity index (χ0v) is 38.9. The maximum Gasteiger partial charge on any atom is 0.265 e. The summed E-state index contributed by atoms with van der Waals surface area (Å²) in [7, 11) is -6.75. The number of aliphatic hydroxyl groups excluding tert-OH is 1. The Morgan fingerprint density at radius 3 is 1.41 bits per heavy atom. The van der Waals surface area contributed by atoms with E-state index < -0.39 is 58.8 Å². The number of carbonyl (C=O) groups excluding carboxylic acids is 4. The van der Waals surface area contributed by atoms with Gasteiger partial charge in [0, 0.05) is 50.4 Å². The Hall–Kier alpha value is -6.25. The number of Topliss-reactive ketones (excluding diaryl/α,β-unsaturated/α-hetero) is 2. The number of sulfone groups is 2. The third-order valence-corrected chi connectivity index (χ3v) is 16.8. The molecule has 0 radical (unpaired) electrons. The second kappa shape index (κ2) is 23.7. The fourth-order valence-electron chi connectivity index (χ4n) is 7.56. The average Bonchev–Trinajstić information content (AvgIpc) is 3.37. The standard InChI is InChI=1S/C24H26N2O8S.C23H27NO8S/c1-32-19-4-2-17(3-5-19)22(27)18(16-25)10-13-34-20-6-8-21(9-7-20)35(30,31)24(23(28)26-29)11-14-33-15-12-24;1-16-2-4-17(5-3-16)21(26)20(25)10-13-32-18-6-8-19(9-7-18)33(29,30)23(22(27)24-28)11-14-31-15-12-23/h2-9,18,29H,10-15H2,1H3,(H,26,28);2-9,20,25,28H,10-15H2,1H3,(H,24,27). The number of benzene rings is 4. The molecule has 364 valence electrons. The van der Waals surface area contributed by atoms with Gasteiger partial charge in [0.1, 0.15) is 29.3 Å². The van der Waals surface area contributed by atoms with Crippen LogP contribution in [0, 0.1) is 24.2 Å². The third-order valence-electron chi connectivity index (χ3n) is 11.7. The number of aryl methyl sites for hydroxylation is 1. The van der Waals surface area contributed by atoms with Gasteiger partial charge in [0.05, 0.1) is 36.2 Å². The van der Waals surface area contributed by atoms with Gasteiger partial charge in [0.2, 0.25) is 0 Å². The fraction of sp³-hybridized carbons (Fsp3) is 0.383. The van der Waals surface area contributed by atoms with E-state index in [-0.39, 0.29) is 93.7 Å². The lowest BCUT2D eigenvalue weighted by Crippen LogP contribution is -2.54. The number of amides is 2. The number of methoxy groups -OCH3 is 1. The van der Waals surface area contributed by atoms with Crippen LogP contribution in [0.15, 0.2) is 107 Å². The Kier molecular flexibility index (Phi) is 18.3. The third kappa shape index (κ3) is 11.9. The summed E-state index contributed by atoms with van der Waals surface area (Å²) in [5.74, 6) is -2.34. The molecule has 5 N–H and O–H groups in total. The number of rotatable bonds is 19. The van der Waals surface area contributed by atoms with Crippen LogP contribution in [0.2, 0.25) is 0 Å². The first-order valence-electron chi connectivity index (χ1n) is 21.4. The van der Waals surface area contributed by atoms with Crippen molar-refractivity contribution in [2.75, 3.05) is 46.8 Å². The summed E-state index contributed by atoms with van der Waals surface area (Å²) in [6, 6.07) is 26.4. The zero-order chi connectivity index (χ0) is 49.5. The van der Waals surface area contributed by atoms with E-state index in [9.17, 15) is 46.4 Å². The zero-order valence-electron chi connectivity index (χ0n) is 37.3. The second-order valence-electron chi connectivity index (χ2n) is 15.8. The SMILES string of the molecule is COc1ccc(C(=O)C(C#N)CCOc2ccc(S(=O)(=O)C3(C(=O)NO)CCOCC3)cc2)cc1.Cc1ccc(C(=O)C(O)CCOc2ccc(S(=O)(=O)C3(C(=O)NO)CCOCC3)cc2)cc1. The summed E-state index contributed by atoms with van der Waals surface area (Å²) < 4.78 is 75.9. The minimum absolute atomic E-state index is 0.0407. The van der Waals surface area contributed by atoms with Crippen molar-refractivity contribution >= 4 is 43.1 Å². The Morgan fingerprint density at radius 2 is 1.01 bits per heavy atom. The van der Waals surface area contributed by atoms with Gasteiger partial charge in [-0.3, -0.25) is 29.6 Å². The number of carbonyl (C=O) groups is 4. The van der Waals surface area contributed by atoms with E-state index in [1.807, 2.05) is 13.0 Å². The molecule has 0 bridgehead atoms.